The first-order valence-corrected chi connectivity index (χ1v) is 11.3. The number of pyridine rings is 1. The number of aromatic amines is 1. The minimum atomic E-state index is -2.88. The van der Waals surface area contributed by atoms with Crippen LogP contribution in [0.15, 0.2) is 59.5 Å². The van der Waals surface area contributed by atoms with E-state index >= 15 is 0 Å². The van der Waals surface area contributed by atoms with Crippen LogP contribution in [0.5, 0.6) is 5.75 Å². The van der Waals surface area contributed by atoms with Crippen LogP contribution >= 0.6 is 0 Å². The van der Waals surface area contributed by atoms with Crippen molar-refractivity contribution < 1.29 is 13.5 Å². The van der Waals surface area contributed by atoms with E-state index in [2.05, 4.69) is 22.5 Å². The van der Waals surface area contributed by atoms with Gasteiger partial charge in [-0.05, 0) is 60.6 Å². The second kappa shape index (κ2) is 7.54. The van der Waals surface area contributed by atoms with Gasteiger partial charge in [-0.2, -0.15) is 8.78 Å². The molecule has 168 valence electrons. The lowest BCUT2D eigenvalue weighted by molar-refractivity contribution is -0.0506. The molecule has 1 aliphatic carbocycles. The van der Waals surface area contributed by atoms with Crippen LogP contribution in [0, 0.1) is 0 Å². The first-order valence-electron chi connectivity index (χ1n) is 11.3. The van der Waals surface area contributed by atoms with Gasteiger partial charge in [-0.3, -0.25) is 4.79 Å². The topological polar surface area (TPSA) is 59.9 Å². The average Bonchev–Trinajstić information content (AvgIpc) is 3.50. The predicted octanol–water partition coefficient (Wildman–Crippen LogP) is 5.97. The molecule has 0 spiro atoms. The minimum Gasteiger partial charge on any atom is -0.434 e. The number of nitrogens with one attached hydrogen (secondary N) is 1. The number of nitrogens with zero attached hydrogens (tertiary/aromatic N) is 2. The van der Waals surface area contributed by atoms with Crippen molar-refractivity contribution in [3.63, 3.8) is 0 Å². The molecule has 0 saturated heterocycles. The number of benzene rings is 2. The third-order valence-corrected chi connectivity index (χ3v) is 6.82. The highest BCUT2D eigenvalue weighted by Gasteiger charge is 2.34. The standard InChI is InChI=1S/C26H23F2N3O2/c1-14-10-21(18-4-2-3-5-23(18)33-26(27)28)31-22-12-16(8-9-20(22)30-24(14)31)17-11-19(15-6-7-15)25(32)29-13-17/h2-5,8-9,11-15,21,26H,6-7,10H2,1H3,(H,29,32)/t14-,21-/m1/s1. The lowest BCUT2D eigenvalue weighted by Gasteiger charge is -2.19. The summed E-state index contributed by atoms with van der Waals surface area (Å²) < 4.78 is 33.1. The SMILES string of the molecule is C[C@@H]1C[C@H](c2ccccc2OC(F)F)n2c1nc1ccc(-c3c[nH]c(=O)c(C4CC4)c3)cc12. The third kappa shape index (κ3) is 3.43. The van der Waals surface area contributed by atoms with E-state index in [1.807, 2.05) is 30.3 Å². The Hall–Kier alpha value is -3.48. The molecule has 1 aliphatic heterocycles. The van der Waals surface area contributed by atoms with Crippen molar-refractivity contribution in [3.8, 4) is 16.9 Å². The fourth-order valence-electron chi connectivity index (χ4n) is 5.10. The van der Waals surface area contributed by atoms with Crippen LogP contribution in [0.25, 0.3) is 22.2 Å². The number of fused-ring (bicyclic) bond motifs is 3. The van der Waals surface area contributed by atoms with Crippen LogP contribution in [0.4, 0.5) is 8.78 Å². The largest absolute Gasteiger partial charge is 0.434 e. The van der Waals surface area contributed by atoms with Crippen LogP contribution in [-0.2, 0) is 0 Å². The van der Waals surface area contributed by atoms with Gasteiger partial charge in [-0.15, -0.1) is 0 Å². The molecule has 1 N–H and O–H groups in total. The Labute approximate surface area is 189 Å². The number of hydrogen-bond acceptors (Lipinski definition) is 3. The molecule has 7 heteroatoms. The van der Waals surface area contributed by atoms with Gasteiger partial charge in [0.2, 0.25) is 0 Å². The monoisotopic (exact) mass is 447 g/mol. The molecule has 33 heavy (non-hydrogen) atoms. The van der Waals surface area contributed by atoms with Crippen molar-refractivity contribution in [1.29, 1.82) is 0 Å². The highest BCUT2D eigenvalue weighted by Crippen LogP contribution is 2.45. The van der Waals surface area contributed by atoms with Gasteiger partial charge in [0.25, 0.3) is 5.56 Å². The smallest absolute Gasteiger partial charge is 0.387 e. The highest BCUT2D eigenvalue weighted by molar-refractivity contribution is 5.83. The van der Waals surface area contributed by atoms with E-state index < -0.39 is 6.61 Å². The van der Waals surface area contributed by atoms with E-state index in [4.69, 9.17) is 9.72 Å². The summed E-state index contributed by atoms with van der Waals surface area (Å²) in [6.07, 6.45) is 4.63. The summed E-state index contributed by atoms with van der Waals surface area (Å²) in [5.74, 6) is 1.68. The first kappa shape index (κ1) is 20.1. The fraction of sp³-hybridized carbons (Fsp3) is 0.308. The Morgan fingerprint density at radius 2 is 1.91 bits per heavy atom. The van der Waals surface area contributed by atoms with Gasteiger partial charge in [-0.1, -0.05) is 31.2 Å². The molecular weight excluding hydrogens is 424 g/mol. The summed E-state index contributed by atoms with van der Waals surface area (Å²) in [6, 6.07) is 14.9. The van der Waals surface area contributed by atoms with Crippen molar-refractivity contribution in [2.45, 2.75) is 50.7 Å². The maximum Gasteiger partial charge on any atom is 0.387 e. The molecule has 0 bridgehead atoms. The molecule has 0 unspecified atom stereocenters. The van der Waals surface area contributed by atoms with Gasteiger partial charge < -0.3 is 14.3 Å². The van der Waals surface area contributed by atoms with Crippen molar-refractivity contribution in [3.05, 3.63) is 82.0 Å². The Balaban J connectivity index is 1.48. The Kier molecular flexibility index (Phi) is 4.60. The van der Waals surface area contributed by atoms with Crippen molar-refractivity contribution in [1.82, 2.24) is 14.5 Å². The Morgan fingerprint density at radius 3 is 2.70 bits per heavy atom. The summed E-state index contributed by atoms with van der Waals surface area (Å²) in [6.45, 7) is -0.768. The fourth-order valence-corrected chi connectivity index (χ4v) is 5.10. The van der Waals surface area contributed by atoms with E-state index in [0.717, 1.165) is 58.4 Å². The number of ether oxygens (including phenoxy) is 1. The molecule has 0 radical (unpaired) electrons. The van der Waals surface area contributed by atoms with E-state index in [1.54, 1.807) is 18.3 Å². The van der Waals surface area contributed by atoms with Crippen LogP contribution in [0.2, 0.25) is 0 Å². The molecule has 3 heterocycles. The van der Waals surface area contributed by atoms with E-state index in [9.17, 15) is 13.6 Å². The second-order valence-corrected chi connectivity index (χ2v) is 9.06. The number of rotatable bonds is 5. The predicted molar refractivity (Wildman–Crippen MR) is 122 cm³/mol. The van der Waals surface area contributed by atoms with Crippen molar-refractivity contribution in [2.24, 2.45) is 0 Å². The zero-order chi connectivity index (χ0) is 22.7. The summed E-state index contributed by atoms with van der Waals surface area (Å²) >= 11 is 0. The molecule has 2 aliphatic rings. The van der Waals surface area contributed by atoms with Crippen molar-refractivity contribution in [2.75, 3.05) is 0 Å². The molecule has 0 amide bonds. The molecular formula is C26H23F2N3O2. The van der Waals surface area contributed by atoms with E-state index in [1.165, 1.54) is 0 Å². The molecule has 2 atom stereocenters. The molecule has 4 aromatic rings. The normalized spacial score (nSPS) is 19.9. The first-order chi connectivity index (χ1) is 16.0. The molecule has 2 aromatic heterocycles. The van der Waals surface area contributed by atoms with Crippen LogP contribution in [-0.4, -0.2) is 21.1 Å². The van der Waals surface area contributed by atoms with Crippen LogP contribution in [0.1, 0.15) is 61.0 Å². The molecule has 1 saturated carbocycles. The number of alkyl halides is 2. The summed E-state index contributed by atoms with van der Waals surface area (Å²) in [5.41, 5.74) is 5.31. The second-order valence-electron chi connectivity index (χ2n) is 9.06. The van der Waals surface area contributed by atoms with Gasteiger partial charge in [0.1, 0.15) is 11.6 Å². The van der Waals surface area contributed by atoms with E-state index in [0.29, 0.717) is 5.92 Å². The van der Waals surface area contributed by atoms with Gasteiger partial charge in [0, 0.05) is 23.2 Å². The molecule has 2 aromatic carbocycles. The zero-order valence-corrected chi connectivity index (χ0v) is 18.1. The average molecular weight is 447 g/mol. The van der Waals surface area contributed by atoms with E-state index in [-0.39, 0.29) is 23.3 Å². The van der Waals surface area contributed by atoms with Gasteiger partial charge in [0.15, 0.2) is 0 Å². The highest BCUT2D eigenvalue weighted by atomic mass is 19.3. The van der Waals surface area contributed by atoms with Crippen LogP contribution < -0.4 is 10.3 Å². The molecule has 1 fully saturated rings. The maximum atomic E-state index is 13.0. The minimum absolute atomic E-state index is 0.0166. The van der Waals surface area contributed by atoms with Crippen molar-refractivity contribution >= 4 is 11.0 Å². The number of para-hydroxylation sites is 1. The number of hydrogen-bond donors (Lipinski definition) is 1. The lowest BCUT2D eigenvalue weighted by Crippen LogP contribution is -2.11. The molecule has 5 nitrogen and oxygen atoms in total. The number of halogens is 2. The summed E-state index contributed by atoms with van der Waals surface area (Å²) in [5, 5.41) is 0. The van der Waals surface area contributed by atoms with Gasteiger partial charge >= 0.3 is 6.61 Å². The zero-order valence-electron chi connectivity index (χ0n) is 18.1. The Bertz CT molecular complexity index is 1420. The molecule has 6 rings (SSSR count). The lowest BCUT2D eigenvalue weighted by atomic mass is 9.98. The van der Waals surface area contributed by atoms with Crippen LogP contribution in [0.3, 0.4) is 0 Å². The maximum absolute atomic E-state index is 13.0. The summed E-state index contributed by atoms with van der Waals surface area (Å²) in [7, 11) is 0. The third-order valence-electron chi connectivity index (χ3n) is 6.82. The number of aromatic nitrogens is 3. The summed E-state index contributed by atoms with van der Waals surface area (Å²) in [4.78, 5) is 20.0. The quantitative estimate of drug-likeness (QED) is 0.410. The number of imidazole rings is 1. The number of H-pyrrole nitrogens is 1. The van der Waals surface area contributed by atoms with Gasteiger partial charge in [0.05, 0.1) is 17.1 Å². The Morgan fingerprint density at radius 1 is 1.09 bits per heavy atom. The van der Waals surface area contributed by atoms with Gasteiger partial charge in [-0.25, -0.2) is 4.98 Å².